The highest BCUT2D eigenvalue weighted by atomic mass is 16.4. The number of carbonyl (C=O) groups excluding carboxylic acids is 1. The smallest absolute Gasteiger partial charge is 0.326 e. The van der Waals surface area contributed by atoms with E-state index >= 15 is 0 Å². The van der Waals surface area contributed by atoms with Crippen LogP contribution in [0.5, 0.6) is 0 Å². The monoisotopic (exact) mass is 297 g/mol. The summed E-state index contributed by atoms with van der Waals surface area (Å²) >= 11 is 0. The van der Waals surface area contributed by atoms with E-state index in [4.69, 9.17) is 0 Å². The molecule has 2 saturated heterocycles. The third-order valence-corrected chi connectivity index (χ3v) is 4.69. The van der Waals surface area contributed by atoms with Crippen LogP contribution in [0.25, 0.3) is 0 Å². The summed E-state index contributed by atoms with van der Waals surface area (Å²) < 4.78 is 0. The van der Waals surface area contributed by atoms with Gasteiger partial charge in [-0.25, -0.2) is 9.59 Å². The number of piperidine rings is 2. The number of urea groups is 1. The Morgan fingerprint density at radius 3 is 2.71 bits per heavy atom. The molecule has 2 fully saturated rings. The fourth-order valence-electron chi connectivity index (χ4n) is 3.34. The number of carboxylic acids is 1. The number of likely N-dealkylation sites (N-methyl/N-ethyl adjacent to an activating group) is 1. The van der Waals surface area contributed by atoms with Crippen LogP contribution in [-0.2, 0) is 4.79 Å². The summed E-state index contributed by atoms with van der Waals surface area (Å²) in [6.45, 7) is 7.65. The van der Waals surface area contributed by atoms with Crippen LogP contribution in [-0.4, -0.2) is 65.2 Å². The Labute approximate surface area is 126 Å². The molecule has 0 aromatic rings. The van der Waals surface area contributed by atoms with E-state index in [0.29, 0.717) is 18.9 Å². The SMILES string of the molecule is CCN1CCCC(NC(=O)N2CCC(C)CC2C(=O)O)C1. The van der Waals surface area contributed by atoms with Crippen molar-refractivity contribution in [1.82, 2.24) is 15.1 Å². The molecule has 0 spiro atoms. The van der Waals surface area contributed by atoms with Crippen LogP contribution < -0.4 is 5.32 Å². The summed E-state index contributed by atoms with van der Waals surface area (Å²) in [5.74, 6) is -0.532. The van der Waals surface area contributed by atoms with E-state index < -0.39 is 12.0 Å². The minimum Gasteiger partial charge on any atom is -0.480 e. The molecule has 120 valence electrons. The van der Waals surface area contributed by atoms with Gasteiger partial charge in [-0.3, -0.25) is 0 Å². The van der Waals surface area contributed by atoms with Gasteiger partial charge in [-0.1, -0.05) is 13.8 Å². The molecule has 2 N–H and O–H groups in total. The van der Waals surface area contributed by atoms with Crippen LogP contribution in [0.15, 0.2) is 0 Å². The van der Waals surface area contributed by atoms with Gasteiger partial charge in [0.15, 0.2) is 0 Å². The van der Waals surface area contributed by atoms with Crippen molar-refractivity contribution in [2.45, 2.75) is 51.6 Å². The molecule has 2 amide bonds. The molecule has 6 nitrogen and oxygen atoms in total. The number of carboxylic acid groups (broad SMARTS) is 1. The van der Waals surface area contributed by atoms with Gasteiger partial charge in [0, 0.05) is 19.1 Å². The number of nitrogens with one attached hydrogen (secondary N) is 1. The first-order valence-corrected chi connectivity index (χ1v) is 8.03. The lowest BCUT2D eigenvalue weighted by molar-refractivity contribution is -0.143. The maximum atomic E-state index is 12.4. The average molecular weight is 297 g/mol. The molecule has 21 heavy (non-hydrogen) atoms. The first-order valence-electron chi connectivity index (χ1n) is 8.03. The number of rotatable bonds is 3. The highest BCUT2D eigenvalue weighted by molar-refractivity contribution is 5.83. The molecule has 2 rings (SSSR count). The molecule has 0 radical (unpaired) electrons. The van der Waals surface area contributed by atoms with Crippen LogP contribution in [0.4, 0.5) is 4.79 Å². The lowest BCUT2D eigenvalue weighted by Crippen LogP contribution is -2.57. The van der Waals surface area contributed by atoms with Gasteiger partial charge in [-0.05, 0) is 44.7 Å². The third-order valence-electron chi connectivity index (χ3n) is 4.69. The van der Waals surface area contributed by atoms with Gasteiger partial charge in [0.05, 0.1) is 0 Å². The van der Waals surface area contributed by atoms with E-state index in [1.807, 2.05) is 6.92 Å². The summed E-state index contributed by atoms with van der Waals surface area (Å²) in [7, 11) is 0. The first kappa shape index (κ1) is 16.1. The number of likely N-dealkylation sites (tertiary alicyclic amines) is 2. The summed E-state index contributed by atoms with van der Waals surface area (Å²) in [6, 6.07) is -0.753. The highest BCUT2D eigenvalue weighted by Crippen LogP contribution is 2.23. The van der Waals surface area contributed by atoms with Gasteiger partial charge in [0.2, 0.25) is 0 Å². The quantitative estimate of drug-likeness (QED) is 0.825. The van der Waals surface area contributed by atoms with Gasteiger partial charge in [-0.15, -0.1) is 0 Å². The van der Waals surface area contributed by atoms with Crippen molar-refractivity contribution in [3.05, 3.63) is 0 Å². The van der Waals surface area contributed by atoms with Crippen LogP contribution in [0.2, 0.25) is 0 Å². The Morgan fingerprint density at radius 2 is 2.05 bits per heavy atom. The van der Waals surface area contributed by atoms with Crippen molar-refractivity contribution in [2.75, 3.05) is 26.2 Å². The van der Waals surface area contributed by atoms with Crippen LogP contribution in [0.3, 0.4) is 0 Å². The van der Waals surface area contributed by atoms with E-state index in [1.165, 1.54) is 4.90 Å². The van der Waals surface area contributed by atoms with Crippen molar-refractivity contribution in [3.8, 4) is 0 Å². The van der Waals surface area contributed by atoms with Crippen molar-refractivity contribution < 1.29 is 14.7 Å². The highest BCUT2D eigenvalue weighted by Gasteiger charge is 2.35. The number of aliphatic carboxylic acids is 1. The second-order valence-corrected chi connectivity index (χ2v) is 6.36. The number of amides is 2. The molecule has 6 heteroatoms. The van der Waals surface area contributed by atoms with Crippen LogP contribution in [0.1, 0.15) is 39.5 Å². The lowest BCUT2D eigenvalue weighted by atomic mass is 9.92. The van der Waals surface area contributed by atoms with Crippen molar-refractivity contribution in [3.63, 3.8) is 0 Å². The molecule has 0 bridgehead atoms. The van der Waals surface area contributed by atoms with Gasteiger partial charge < -0.3 is 20.2 Å². The first-order chi connectivity index (χ1) is 10.0. The fourth-order valence-corrected chi connectivity index (χ4v) is 3.34. The Kier molecular flexibility index (Phi) is 5.45. The maximum Gasteiger partial charge on any atom is 0.326 e. The van der Waals surface area contributed by atoms with E-state index in [-0.39, 0.29) is 12.1 Å². The molecule has 3 unspecified atom stereocenters. The normalized spacial score (nSPS) is 31.0. The zero-order valence-corrected chi connectivity index (χ0v) is 13.0. The fraction of sp³-hybridized carbons (Fsp3) is 0.867. The van der Waals surface area contributed by atoms with Gasteiger partial charge in [0.1, 0.15) is 6.04 Å². The number of hydrogen-bond acceptors (Lipinski definition) is 3. The largest absolute Gasteiger partial charge is 0.480 e. The zero-order chi connectivity index (χ0) is 15.4. The van der Waals surface area contributed by atoms with E-state index in [1.54, 1.807) is 0 Å². The number of hydrogen-bond donors (Lipinski definition) is 2. The van der Waals surface area contributed by atoms with Crippen molar-refractivity contribution in [1.29, 1.82) is 0 Å². The summed E-state index contributed by atoms with van der Waals surface area (Å²) in [4.78, 5) is 27.6. The molecular weight excluding hydrogens is 270 g/mol. The lowest BCUT2D eigenvalue weighted by Gasteiger charge is -2.38. The van der Waals surface area contributed by atoms with E-state index in [9.17, 15) is 14.7 Å². The van der Waals surface area contributed by atoms with E-state index in [0.717, 1.165) is 38.9 Å². The second-order valence-electron chi connectivity index (χ2n) is 6.36. The Balaban J connectivity index is 1.93. The third kappa shape index (κ3) is 4.09. The topological polar surface area (TPSA) is 72.9 Å². The van der Waals surface area contributed by atoms with E-state index in [2.05, 4.69) is 17.1 Å². The van der Waals surface area contributed by atoms with Gasteiger partial charge >= 0.3 is 12.0 Å². The molecule has 3 atom stereocenters. The minimum absolute atomic E-state index is 0.139. The Bertz CT molecular complexity index is 388. The minimum atomic E-state index is -0.893. The summed E-state index contributed by atoms with van der Waals surface area (Å²) in [5.41, 5.74) is 0. The molecule has 2 aliphatic heterocycles. The molecule has 0 aliphatic carbocycles. The standard InChI is InChI=1S/C15H27N3O3/c1-3-17-7-4-5-12(10-17)16-15(21)18-8-6-11(2)9-13(18)14(19)20/h11-13H,3-10H2,1-2H3,(H,16,21)(H,19,20). The predicted octanol–water partition coefficient (Wildman–Crippen LogP) is 1.37. The van der Waals surface area contributed by atoms with Gasteiger partial charge in [0.25, 0.3) is 0 Å². The summed E-state index contributed by atoms with van der Waals surface area (Å²) in [5, 5.41) is 12.4. The van der Waals surface area contributed by atoms with Crippen molar-refractivity contribution >= 4 is 12.0 Å². The molecule has 2 aliphatic rings. The molecule has 2 heterocycles. The molecule has 0 aromatic heterocycles. The molecular formula is C15H27N3O3. The van der Waals surface area contributed by atoms with Gasteiger partial charge in [-0.2, -0.15) is 0 Å². The molecule has 0 saturated carbocycles. The Morgan fingerprint density at radius 1 is 1.29 bits per heavy atom. The average Bonchev–Trinajstić information content (AvgIpc) is 2.47. The van der Waals surface area contributed by atoms with Crippen LogP contribution >= 0.6 is 0 Å². The number of nitrogens with zero attached hydrogens (tertiary/aromatic N) is 2. The van der Waals surface area contributed by atoms with Crippen molar-refractivity contribution in [2.24, 2.45) is 5.92 Å². The maximum absolute atomic E-state index is 12.4. The summed E-state index contributed by atoms with van der Waals surface area (Å²) in [6.07, 6.45) is 3.49. The second kappa shape index (κ2) is 7.11. The zero-order valence-electron chi connectivity index (χ0n) is 13.0. The Hall–Kier alpha value is -1.30. The predicted molar refractivity (Wildman–Crippen MR) is 80.2 cm³/mol. The van der Waals surface area contributed by atoms with Crippen LogP contribution in [0, 0.1) is 5.92 Å². The number of carbonyl (C=O) groups is 2. The molecule has 0 aromatic carbocycles.